The van der Waals surface area contributed by atoms with Crippen molar-refractivity contribution in [2.45, 2.75) is 45.7 Å². The number of methoxy groups -OCH3 is 2. The van der Waals surface area contributed by atoms with Crippen LogP contribution in [-0.2, 0) is 9.59 Å². The van der Waals surface area contributed by atoms with Gasteiger partial charge in [-0.05, 0) is 31.9 Å². The highest BCUT2D eigenvalue weighted by molar-refractivity contribution is 5.96. The van der Waals surface area contributed by atoms with Crippen LogP contribution in [0.25, 0.3) is 0 Å². The first-order valence-electron chi connectivity index (χ1n) is 9.43. The molecule has 1 heterocycles. The Morgan fingerprint density at radius 2 is 1.74 bits per heavy atom. The van der Waals surface area contributed by atoms with Gasteiger partial charge in [0.2, 0.25) is 11.8 Å². The lowest BCUT2D eigenvalue weighted by atomic mass is 10.0. The fourth-order valence-corrected chi connectivity index (χ4v) is 3.11. The van der Waals surface area contributed by atoms with Gasteiger partial charge in [-0.2, -0.15) is 0 Å². The number of carbonyl (C=O) groups is 2. The summed E-state index contributed by atoms with van der Waals surface area (Å²) >= 11 is 0. The van der Waals surface area contributed by atoms with Gasteiger partial charge in [-0.25, -0.2) is 0 Å². The number of nitrogens with one attached hydrogen (secondary N) is 2. The Morgan fingerprint density at radius 1 is 1.07 bits per heavy atom. The lowest BCUT2D eigenvalue weighted by Crippen LogP contribution is -2.50. The SMILES string of the molecule is COc1ccc(OC)c(NC(=O)C(C)N2CCC(NC(=O)C(C)C)CC2)c1. The number of ether oxygens (including phenoxy) is 2. The minimum Gasteiger partial charge on any atom is -0.497 e. The van der Waals surface area contributed by atoms with E-state index in [1.807, 2.05) is 20.8 Å². The van der Waals surface area contributed by atoms with Gasteiger partial charge in [0.25, 0.3) is 0 Å². The second-order valence-corrected chi connectivity index (χ2v) is 7.20. The summed E-state index contributed by atoms with van der Waals surface area (Å²) in [7, 11) is 3.15. The van der Waals surface area contributed by atoms with E-state index < -0.39 is 0 Å². The Morgan fingerprint density at radius 3 is 2.30 bits per heavy atom. The van der Waals surface area contributed by atoms with E-state index in [-0.39, 0.29) is 29.8 Å². The van der Waals surface area contributed by atoms with Crippen LogP contribution in [0.15, 0.2) is 18.2 Å². The van der Waals surface area contributed by atoms with E-state index in [1.165, 1.54) is 0 Å². The van der Waals surface area contributed by atoms with Crippen molar-refractivity contribution < 1.29 is 19.1 Å². The lowest BCUT2D eigenvalue weighted by molar-refractivity contribution is -0.126. The van der Waals surface area contributed by atoms with Gasteiger partial charge in [0.05, 0.1) is 25.9 Å². The number of piperidine rings is 1. The largest absolute Gasteiger partial charge is 0.497 e. The van der Waals surface area contributed by atoms with Crippen LogP contribution < -0.4 is 20.1 Å². The molecule has 0 bridgehead atoms. The molecule has 7 nitrogen and oxygen atoms in total. The van der Waals surface area contributed by atoms with Gasteiger partial charge in [-0.15, -0.1) is 0 Å². The molecule has 1 fully saturated rings. The molecule has 0 saturated carbocycles. The molecular weight excluding hydrogens is 346 g/mol. The van der Waals surface area contributed by atoms with Crippen LogP contribution in [0, 0.1) is 5.92 Å². The van der Waals surface area contributed by atoms with Gasteiger partial charge in [0.15, 0.2) is 0 Å². The maximum atomic E-state index is 12.7. The number of likely N-dealkylation sites (tertiary alicyclic amines) is 1. The van der Waals surface area contributed by atoms with Crippen molar-refractivity contribution in [2.75, 3.05) is 32.6 Å². The number of hydrogen-bond acceptors (Lipinski definition) is 5. The van der Waals surface area contributed by atoms with E-state index in [9.17, 15) is 9.59 Å². The monoisotopic (exact) mass is 377 g/mol. The quantitative estimate of drug-likeness (QED) is 0.762. The summed E-state index contributed by atoms with van der Waals surface area (Å²) in [5, 5.41) is 6.01. The van der Waals surface area contributed by atoms with Gasteiger partial charge in [-0.3, -0.25) is 14.5 Å². The molecular formula is C20H31N3O4. The number of hydrogen-bond donors (Lipinski definition) is 2. The first-order chi connectivity index (χ1) is 12.8. The maximum Gasteiger partial charge on any atom is 0.241 e. The predicted octanol–water partition coefficient (Wildman–Crippen LogP) is 2.27. The Labute approximate surface area is 161 Å². The molecule has 1 aliphatic heterocycles. The Hall–Kier alpha value is -2.28. The second-order valence-electron chi connectivity index (χ2n) is 7.20. The van der Waals surface area contributed by atoms with Crippen LogP contribution in [0.5, 0.6) is 11.5 Å². The second kappa shape index (κ2) is 9.60. The Bertz CT molecular complexity index is 655. The number of carbonyl (C=O) groups excluding carboxylic acids is 2. The topological polar surface area (TPSA) is 79.9 Å². The molecule has 0 radical (unpaired) electrons. The van der Waals surface area contributed by atoms with Crippen molar-refractivity contribution in [1.82, 2.24) is 10.2 Å². The third-order valence-corrected chi connectivity index (χ3v) is 4.99. The third-order valence-electron chi connectivity index (χ3n) is 4.99. The van der Waals surface area contributed by atoms with E-state index in [4.69, 9.17) is 9.47 Å². The molecule has 0 aliphatic carbocycles. The standard InChI is InChI=1S/C20H31N3O4/c1-13(2)19(24)21-15-8-10-23(11-9-15)14(3)20(25)22-17-12-16(26-4)6-7-18(17)27-5/h6-7,12-15H,8-11H2,1-5H3,(H,21,24)(H,22,25). The third kappa shape index (κ3) is 5.60. The predicted molar refractivity (Wildman–Crippen MR) is 105 cm³/mol. The van der Waals surface area contributed by atoms with Crippen LogP contribution in [0.1, 0.15) is 33.6 Å². The van der Waals surface area contributed by atoms with Crippen molar-refractivity contribution in [3.63, 3.8) is 0 Å². The van der Waals surface area contributed by atoms with Crippen LogP contribution in [-0.4, -0.2) is 56.1 Å². The highest BCUT2D eigenvalue weighted by Gasteiger charge is 2.28. The highest BCUT2D eigenvalue weighted by atomic mass is 16.5. The highest BCUT2D eigenvalue weighted by Crippen LogP contribution is 2.29. The number of benzene rings is 1. The molecule has 1 unspecified atom stereocenters. The van der Waals surface area contributed by atoms with Gasteiger partial charge in [-0.1, -0.05) is 13.8 Å². The zero-order chi connectivity index (χ0) is 20.0. The van der Waals surface area contributed by atoms with Gasteiger partial charge < -0.3 is 20.1 Å². The lowest BCUT2D eigenvalue weighted by Gasteiger charge is -2.35. The molecule has 0 aromatic heterocycles. The first kappa shape index (κ1) is 21.0. The van der Waals surface area contributed by atoms with Crippen molar-refractivity contribution in [2.24, 2.45) is 5.92 Å². The van der Waals surface area contributed by atoms with E-state index in [2.05, 4.69) is 15.5 Å². The fraction of sp³-hybridized carbons (Fsp3) is 0.600. The fourth-order valence-electron chi connectivity index (χ4n) is 3.11. The molecule has 1 aromatic rings. The summed E-state index contributed by atoms with van der Waals surface area (Å²) in [6, 6.07) is 5.21. The summed E-state index contributed by atoms with van der Waals surface area (Å²) < 4.78 is 10.5. The zero-order valence-corrected chi connectivity index (χ0v) is 16.9. The molecule has 1 atom stereocenters. The average molecular weight is 377 g/mol. The molecule has 2 amide bonds. The van der Waals surface area contributed by atoms with Crippen molar-refractivity contribution in [3.8, 4) is 11.5 Å². The van der Waals surface area contributed by atoms with Crippen LogP contribution in [0.3, 0.4) is 0 Å². The maximum absolute atomic E-state index is 12.7. The number of rotatable bonds is 7. The molecule has 27 heavy (non-hydrogen) atoms. The van der Waals surface area contributed by atoms with Crippen LogP contribution in [0.2, 0.25) is 0 Å². The molecule has 1 saturated heterocycles. The first-order valence-corrected chi connectivity index (χ1v) is 9.43. The molecule has 2 rings (SSSR count). The molecule has 1 aliphatic rings. The van der Waals surface area contributed by atoms with Crippen LogP contribution in [0.4, 0.5) is 5.69 Å². The van der Waals surface area contributed by atoms with Crippen molar-refractivity contribution in [1.29, 1.82) is 0 Å². The summed E-state index contributed by atoms with van der Waals surface area (Å²) in [4.78, 5) is 26.7. The summed E-state index contributed by atoms with van der Waals surface area (Å²) in [6.07, 6.45) is 1.69. The molecule has 7 heteroatoms. The van der Waals surface area contributed by atoms with Gasteiger partial charge >= 0.3 is 0 Å². The van der Waals surface area contributed by atoms with Crippen LogP contribution >= 0.6 is 0 Å². The van der Waals surface area contributed by atoms with Gasteiger partial charge in [0, 0.05) is 31.1 Å². The molecule has 1 aromatic carbocycles. The summed E-state index contributed by atoms with van der Waals surface area (Å²) in [5.74, 6) is 1.23. The molecule has 0 spiro atoms. The van der Waals surface area contributed by atoms with E-state index >= 15 is 0 Å². The van der Waals surface area contributed by atoms with E-state index in [0.717, 1.165) is 25.9 Å². The number of anilines is 1. The van der Waals surface area contributed by atoms with Crippen molar-refractivity contribution in [3.05, 3.63) is 18.2 Å². The normalized spacial score (nSPS) is 16.7. The average Bonchev–Trinajstić information content (AvgIpc) is 2.67. The van der Waals surface area contributed by atoms with E-state index in [1.54, 1.807) is 32.4 Å². The summed E-state index contributed by atoms with van der Waals surface area (Å²) in [6.45, 7) is 7.22. The smallest absolute Gasteiger partial charge is 0.241 e. The summed E-state index contributed by atoms with van der Waals surface area (Å²) in [5.41, 5.74) is 0.591. The Balaban J connectivity index is 1.92. The molecule has 2 N–H and O–H groups in total. The Kier molecular flexibility index (Phi) is 7.47. The minimum absolute atomic E-state index is 0.00873. The minimum atomic E-state index is -0.275. The zero-order valence-electron chi connectivity index (χ0n) is 16.9. The van der Waals surface area contributed by atoms with Crippen molar-refractivity contribution >= 4 is 17.5 Å². The number of amides is 2. The van der Waals surface area contributed by atoms with E-state index in [0.29, 0.717) is 17.2 Å². The molecule has 150 valence electrons. The van der Waals surface area contributed by atoms with Gasteiger partial charge in [0.1, 0.15) is 11.5 Å². The number of nitrogens with zero attached hydrogens (tertiary/aromatic N) is 1.